The monoisotopic (exact) mass is 320 g/mol. The Hall–Kier alpha value is -1.66. The molecule has 1 saturated carbocycles. The van der Waals surface area contributed by atoms with Crippen LogP contribution in [-0.2, 0) is 14.8 Å². The van der Waals surface area contributed by atoms with Crippen LogP contribution < -0.4 is 10.0 Å². The lowest BCUT2D eigenvalue weighted by atomic mass is 9.93. The van der Waals surface area contributed by atoms with Crippen molar-refractivity contribution in [1.29, 1.82) is 0 Å². The molecule has 0 unspecified atom stereocenters. The van der Waals surface area contributed by atoms with Crippen LogP contribution in [-0.4, -0.2) is 20.4 Å². The lowest BCUT2D eigenvalue weighted by Gasteiger charge is -2.17. The largest absolute Gasteiger partial charge is 0.326 e. The van der Waals surface area contributed by atoms with Gasteiger partial charge in [0.25, 0.3) is 0 Å². The fourth-order valence-electron chi connectivity index (χ4n) is 2.51. The number of nitrogens with one attached hydrogen (secondary N) is 2. The van der Waals surface area contributed by atoms with E-state index in [2.05, 4.69) is 16.1 Å². The summed E-state index contributed by atoms with van der Waals surface area (Å²) < 4.78 is 27.0. The molecule has 3 rings (SSSR count). The molecule has 6 heteroatoms. The van der Waals surface area contributed by atoms with Crippen molar-refractivity contribution in [2.45, 2.75) is 43.0 Å². The zero-order valence-corrected chi connectivity index (χ0v) is 13.1. The van der Waals surface area contributed by atoms with Crippen molar-refractivity contribution in [2.75, 3.05) is 5.32 Å². The fourth-order valence-corrected chi connectivity index (χ4v) is 3.86. The van der Waals surface area contributed by atoms with E-state index < -0.39 is 10.0 Å². The second kappa shape index (κ2) is 6.22. The van der Waals surface area contributed by atoms with Gasteiger partial charge >= 0.3 is 0 Å². The topological polar surface area (TPSA) is 75.3 Å². The van der Waals surface area contributed by atoms with Crippen LogP contribution in [0.5, 0.6) is 0 Å². The van der Waals surface area contributed by atoms with Gasteiger partial charge < -0.3 is 5.32 Å². The van der Waals surface area contributed by atoms with Gasteiger partial charge in [0.05, 0.1) is 4.90 Å². The number of carbonyl (C=O) groups is 1. The van der Waals surface area contributed by atoms with Crippen molar-refractivity contribution in [3.63, 3.8) is 0 Å². The van der Waals surface area contributed by atoms with Gasteiger partial charge in [-0.05, 0) is 50.3 Å². The molecule has 1 fully saturated rings. The van der Waals surface area contributed by atoms with Crippen LogP contribution in [0.4, 0.5) is 5.69 Å². The van der Waals surface area contributed by atoms with E-state index in [1.807, 2.05) is 6.08 Å². The van der Waals surface area contributed by atoms with Crippen LogP contribution in [0.15, 0.2) is 41.3 Å². The van der Waals surface area contributed by atoms with Gasteiger partial charge in [-0.25, -0.2) is 13.1 Å². The molecule has 0 spiro atoms. The van der Waals surface area contributed by atoms with Gasteiger partial charge in [-0.3, -0.25) is 4.79 Å². The normalized spacial score (nSPS) is 21.5. The van der Waals surface area contributed by atoms with Gasteiger partial charge in [0.15, 0.2) is 0 Å². The number of hydrogen-bond acceptors (Lipinski definition) is 3. The number of carbonyl (C=O) groups excluding carboxylic acids is 1. The summed E-state index contributed by atoms with van der Waals surface area (Å²) in [6.45, 7) is 0. The van der Waals surface area contributed by atoms with Crippen LogP contribution in [0.3, 0.4) is 0 Å². The van der Waals surface area contributed by atoms with Crippen LogP contribution in [0.1, 0.15) is 32.1 Å². The van der Waals surface area contributed by atoms with E-state index in [0.717, 1.165) is 32.1 Å². The van der Waals surface area contributed by atoms with Crippen molar-refractivity contribution in [3.05, 3.63) is 36.4 Å². The first-order valence-corrected chi connectivity index (χ1v) is 9.11. The van der Waals surface area contributed by atoms with E-state index in [9.17, 15) is 13.2 Å². The highest BCUT2D eigenvalue weighted by atomic mass is 32.2. The Kier molecular flexibility index (Phi) is 4.31. The summed E-state index contributed by atoms with van der Waals surface area (Å²) in [6, 6.07) is 6.49. The number of hydrogen-bond donors (Lipinski definition) is 2. The summed E-state index contributed by atoms with van der Waals surface area (Å²) in [6.07, 6.45) is 8.39. The van der Waals surface area contributed by atoms with Gasteiger partial charge in [0.2, 0.25) is 15.9 Å². The summed E-state index contributed by atoms with van der Waals surface area (Å²) in [7, 11) is -3.49. The highest BCUT2D eigenvalue weighted by Crippen LogP contribution is 2.24. The lowest BCUT2D eigenvalue weighted by Crippen LogP contribution is -2.26. The molecular weight excluding hydrogens is 300 g/mol. The van der Waals surface area contributed by atoms with Crippen LogP contribution in [0.2, 0.25) is 0 Å². The molecule has 2 N–H and O–H groups in total. The molecule has 1 aromatic carbocycles. The SMILES string of the molecule is O=C(Nc1cccc(S(=O)(=O)NC2CC2)c1)[C@@H]1CC=CCC1. The number of sulfonamides is 1. The molecule has 118 valence electrons. The summed E-state index contributed by atoms with van der Waals surface area (Å²) in [5, 5.41) is 2.83. The third-order valence-corrected chi connectivity index (χ3v) is 5.47. The summed E-state index contributed by atoms with van der Waals surface area (Å²) >= 11 is 0. The maximum atomic E-state index is 12.2. The minimum Gasteiger partial charge on any atom is -0.326 e. The molecule has 0 radical (unpaired) electrons. The molecule has 1 amide bonds. The second-order valence-electron chi connectivity index (χ2n) is 5.89. The Morgan fingerprint density at radius 3 is 2.64 bits per heavy atom. The van der Waals surface area contributed by atoms with Crippen LogP contribution in [0, 0.1) is 5.92 Å². The number of amides is 1. The Labute approximate surface area is 130 Å². The van der Waals surface area contributed by atoms with Crippen molar-refractivity contribution in [3.8, 4) is 0 Å². The average molecular weight is 320 g/mol. The Balaban J connectivity index is 1.70. The van der Waals surface area contributed by atoms with E-state index in [1.54, 1.807) is 18.2 Å². The summed E-state index contributed by atoms with van der Waals surface area (Å²) in [4.78, 5) is 12.4. The molecule has 1 atom stereocenters. The molecule has 5 nitrogen and oxygen atoms in total. The minimum atomic E-state index is -3.49. The quantitative estimate of drug-likeness (QED) is 0.818. The first kappa shape index (κ1) is 15.2. The van der Waals surface area contributed by atoms with Crippen LogP contribution >= 0.6 is 0 Å². The highest BCUT2D eigenvalue weighted by molar-refractivity contribution is 7.89. The van der Waals surface area contributed by atoms with Gasteiger partial charge in [0, 0.05) is 17.6 Å². The van der Waals surface area contributed by atoms with Crippen LogP contribution in [0.25, 0.3) is 0 Å². The number of anilines is 1. The predicted molar refractivity (Wildman–Crippen MR) is 84.9 cm³/mol. The molecule has 0 saturated heterocycles. The zero-order valence-electron chi connectivity index (χ0n) is 12.3. The maximum absolute atomic E-state index is 12.2. The third-order valence-electron chi connectivity index (χ3n) is 3.95. The smallest absolute Gasteiger partial charge is 0.240 e. The first-order valence-electron chi connectivity index (χ1n) is 7.63. The van der Waals surface area contributed by atoms with Crippen molar-refractivity contribution in [2.24, 2.45) is 5.92 Å². The molecule has 2 aliphatic carbocycles. The number of rotatable bonds is 5. The van der Waals surface area contributed by atoms with Gasteiger partial charge in [0.1, 0.15) is 0 Å². The summed E-state index contributed by atoms with van der Waals surface area (Å²) in [5.41, 5.74) is 0.526. The van der Waals surface area contributed by atoms with Crippen molar-refractivity contribution in [1.82, 2.24) is 4.72 Å². The first-order chi connectivity index (χ1) is 10.5. The molecule has 0 bridgehead atoms. The molecule has 0 aliphatic heterocycles. The van der Waals surface area contributed by atoms with E-state index in [1.165, 1.54) is 6.07 Å². The fraction of sp³-hybridized carbons (Fsp3) is 0.438. The van der Waals surface area contributed by atoms with E-state index in [0.29, 0.717) is 5.69 Å². The Morgan fingerprint density at radius 1 is 1.14 bits per heavy atom. The molecule has 22 heavy (non-hydrogen) atoms. The standard InChI is InChI=1S/C16H20N2O3S/c19-16(12-5-2-1-3-6-12)17-14-7-4-8-15(11-14)22(20,21)18-13-9-10-13/h1-2,4,7-8,11-13,18H,3,5-6,9-10H2,(H,17,19)/t12-/m1/s1. The average Bonchev–Trinajstić information content (AvgIpc) is 3.32. The molecule has 0 aromatic heterocycles. The molecule has 1 aromatic rings. The van der Waals surface area contributed by atoms with E-state index in [-0.39, 0.29) is 22.8 Å². The maximum Gasteiger partial charge on any atom is 0.240 e. The number of allylic oxidation sites excluding steroid dienone is 2. The van der Waals surface area contributed by atoms with Crippen molar-refractivity contribution < 1.29 is 13.2 Å². The molecule has 0 heterocycles. The Morgan fingerprint density at radius 2 is 1.95 bits per heavy atom. The summed E-state index contributed by atoms with van der Waals surface area (Å²) in [5.74, 6) is -0.0797. The third kappa shape index (κ3) is 3.75. The van der Waals surface area contributed by atoms with Crippen molar-refractivity contribution >= 4 is 21.6 Å². The number of benzene rings is 1. The van der Waals surface area contributed by atoms with Gasteiger partial charge in [-0.15, -0.1) is 0 Å². The van der Waals surface area contributed by atoms with Gasteiger partial charge in [-0.2, -0.15) is 0 Å². The van der Waals surface area contributed by atoms with E-state index >= 15 is 0 Å². The van der Waals surface area contributed by atoms with E-state index in [4.69, 9.17) is 0 Å². The minimum absolute atomic E-state index is 0.0325. The lowest BCUT2D eigenvalue weighted by molar-refractivity contribution is -0.120. The molecular formula is C16H20N2O3S. The second-order valence-corrected chi connectivity index (χ2v) is 7.61. The molecule has 2 aliphatic rings. The van der Waals surface area contributed by atoms with Gasteiger partial charge in [-0.1, -0.05) is 18.2 Å². The zero-order chi connectivity index (χ0) is 15.6. The highest BCUT2D eigenvalue weighted by Gasteiger charge is 2.28. The predicted octanol–water partition coefficient (Wildman–Crippen LogP) is 2.42. The Bertz CT molecular complexity index is 693.